The summed E-state index contributed by atoms with van der Waals surface area (Å²) in [7, 11) is 2.19. The summed E-state index contributed by atoms with van der Waals surface area (Å²) in [5.41, 5.74) is 8.03. The minimum Gasteiger partial charge on any atom is -0.341 e. The molecule has 1 aromatic heterocycles. The molecule has 2 unspecified atom stereocenters. The SMILES string of the molecule is CN(Cc1nc2ccccc2[nH]1)C1CCCC1CN. The van der Waals surface area contributed by atoms with E-state index in [9.17, 15) is 0 Å². The van der Waals surface area contributed by atoms with Gasteiger partial charge >= 0.3 is 0 Å². The number of H-pyrrole nitrogens is 1. The lowest BCUT2D eigenvalue weighted by Crippen LogP contribution is -2.37. The molecule has 3 rings (SSSR count). The number of aromatic nitrogens is 2. The smallest absolute Gasteiger partial charge is 0.121 e. The van der Waals surface area contributed by atoms with Crippen LogP contribution in [0.25, 0.3) is 11.0 Å². The Hall–Kier alpha value is -1.39. The zero-order chi connectivity index (χ0) is 13.2. The molecule has 0 aliphatic heterocycles. The number of hydrogen-bond donors (Lipinski definition) is 2. The Labute approximate surface area is 114 Å². The fourth-order valence-electron chi connectivity index (χ4n) is 3.31. The van der Waals surface area contributed by atoms with E-state index < -0.39 is 0 Å². The van der Waals surface area contributed by atoms with Crippen LogP contribution < -0.4 is 5.73 Å². The van der Waals surface area contributed by atoms with Crippen molar-refractivity contribution in [2.24, 2.45) is 11.7 Å². The number of nitrogens with two attached hydrogens (primary N) is 1. The molecule has 1 heterocycles. The van der Waals surface area contributed by atoms with Gasteiger partial charge in [-0.05, 0) is 44.5 Å². The topological polar surface area (TPSA) is 57.9 Å². The van der Waals surface area contributed by atoms with Crippen molar-refractivity contribution in [3.05, 3.63) is 30.1 Å². The normalized spacial score (nSPS) is 23.5. The minimum atomic E-state index is 0.609. The zero-order valence-electron chi connectivity index (χ0n) is 11.5. The molecule has 0 amide bonds. The second-order valence-corrected chi connectivity index (χ2v) is 5.61. The van der Waals surface area contributed by atoms with Crippen LogP contribution in [0.15, 0.2) is 24.3 Å². The van der Waals surface area contributed by atoms with Gasteiger partial charge in [-0.25, -0.2) is 4.98 Å². The molecule has 1 aromatic carbocycles. The van der Waals surface area contributed by atoms with Crippen LogP contribution in [-0.4, -0.2) is 34.5 Å². The standard InChI is InChI=1S/C15H22N4/c1-19(14-8-4-5-11(14)9-16)10-15-17-12-6-2-3-7-13(12)18-15/h2-3,6-7,11,14H,4-5,8-10,16H2,1H3,(H,17,18). The molecule has 4 nitrogen and oxygen atoms in total. The number of fused-ring (bicyclic) bond motifs is 1. The molecule has 0 bridgehead atoms. The molecule has 3 N–H and O–H groups in total. The van der Waals surface area contributed by atoms with Crippen molar-refractivity contribution in [3.63, 3.8) is 0 Å². The lowest BCUT2D eigenvalue weighted by atomic mass is 10.0. The first kappa shape index (κ1) is 12.6. The van der Waals surface area contributed by atoms with Crippen LogP contribution in [0.3, 0.4) is 0 Å². The average molecular weight is 258 g/mol. The summed E-state index contributed by atoms with van der Waals surface area (Å²) in [4.78, 5) is 10.5. The van der Waals surface area contributed by atoms with E-state index in [2.05, 4.69) is 28.0 Å². The summed E-state index contributed by atoms with van der Waals surface area (Å²) in [6.45, 7) is 1.67. The lowest BCUT2D eigenvalue weighted by Gasteiger charge is -2.28. The molecule has 2 atom stereocenters. The first-order chi connectivity index (χ1) is 9.28. The summed E-state index contributed by atoms with van der Waals surface area (Å²) in [6, 6.07) is 8.80. The van der Waals surface area contributed by atoms with E-state index in [0.29, 0.717) is 12.0 Å². The average Bonchev–Trinajstić information content (AvgIpc) is 3.03. The van der Waals surface area contributed by atoms with Crippen molar-refractivity contribution < 1.29 is 0 Å². The van der Waals surface area contributed by atoms with Crippen molar-refractivity contribution >= 4 is 11.0 Å². The molecule has 1 saturated carbocycles. The number of benzene rings is 1. The minimum absolute atomic E-state index is 0.609. The number of aromatic amines is 1. The van der Waals surface area contributed by atoms with Crippen molar-refractivity contribution in [3.8, 4) is 0 Å². The van der Waals surface area contributed by atoms with Crippen LogP contribution in [0.5, 0.6) is 0 Å². The monoisotopic (exact) mass is 258 g/mol. The molecule has 102 valence electrons. The zero-order valence-corrected chi connectivity index (χ0v) is 11.5. The Bertz CT molecular complexity index is 515. The van der Waals surface area contributed by atoms with E-state index in [1.165, 1.54) is 19.3 Å². The number of nitrogens with zero attached hydrogens (tertiary/aromatic N) is 2. The van der Waals surface area contributed by atoms with Crippen LogP contribution in [0, 0.1) is 5.92 Å². The first-order valence-corrected chi connectivity index (χ1v) is 7.12. The van der Waals surface area contributed by atoms with Gasteiger partial charge in [-0.3, -0.25) is 4.90 Å². The Balaban J connectivity index is 1.73. The van der Waals surface area contributed by atoms with E-state index in [4.69, 9.17) is 5.73 Å². The van der Waals surface area contributed by atoms with Crippen LogP contribution >= 0.6 is 0 Å². The van der Waals surface area contributed by atoms with Gasteiger partial charge in [0.15, 0.2) is 0 Å². The summed E-state index contributed by atoms with van der Waals surface area (Å²) in [6.07, 6.45) is 3.83. The number of imidazole rings is 1. The predicted octanol–water partition coefficient (Wildman–Crippen LogP) is 2.12. The second kappa shape index (κ2) is 5.31. The predicted molar refractivity (Wildman–Crippen MR) is 77.7 cm³/mol. The van der Waals surface area contributed by atoms with Gasteiger partial charge in [0.25, 0.3) is 0 Å². The van der Waals surface area contributed by atoms with Gasteiger partial charge in [-0.15, -0.1) is 0 Å². The van der Waals surface area contributed by atoms with Gasteiger partial charge in [-0.1, -0.05) is 18.6 Å². The molecule has 4 heteroatoms. The van der Waals surface area contributed by atoms with E-state index in [1.807, 2.05) is 18.2 Å². The third-order valence-electron chi connectivity index (χ3n) is 4.33. The first-order valence-electron chi connectivity index (χ1n) is 7.12. The summed E-state index contributed by atoms with van der Waals surface area (Å²) in [5.74, 6) is 1.70. The van der Waals surface area contributed by atoms with Crippen molar-refractivity contribution in [1.82, 2.24) is 14.9 Å². The Morgan fingerprint density at radius 2 is 2.21 bits per heavy atom. The lowest BCUT2D eigenvalue weighted by molar-refractivity contribution is 0.189. The number of para-hydroxylation sites is 2. The fourth-order valence-corrected chi connectivity index (χ4v) is 3.31. The van der Waals surface area contributed by atoms with Gasteiger partial charge in [-0.2, -0.15) is 0 Å². The van der Waals surface area contributed by atoms with Crippen LogP contribution in [0.2, 0.25) is 0 Å². The Morgan fingerprint density at radius 3 is 3.00 bits per heavy atom. The van der Waals surface area contributed by atoms with E-state index in [1.54, 1.807) is 0 Å². The quantitative estimate of drug-likeness (QED) is 0.883. The van der Waals surface area contributed by atoms with Gasteiger partial charge < -0.3 is 10.7 Å². The fraction of sp³-hybridized carbons (Fsp3) is 0.533. The summed E-state index contributed by atoms with van der Waals surface area (Å²) in [5, 5.41) is 0. The van der Waals surface area contributed by atoms with Gasteiger partial charge in [0.2, 0.25) is 0 Å². The van der Waals surface area contributed by atoms with E-state index in [-0.39, 0.29) is 0 Å². The third kappa shape index (κ3) is 2.51. The number of nitrogens with one attached hydrogen (secondary N) is 1. The highest BCUT2D eigenvalue weighted by atomic mass is 15.2. The molecule has 0 spiro atoms. The maximum absolute atomic E-state index is 5.87. The number of hydrogen-bond acceptors (Lipinski definition) is 3. The maximum Gasteiger partial charge on any atom is 0.121 e. The highest BCUT2D eigenvalue weighted by Gasteiger charge is 2.29. The highest BCUT2D eigenvalue weighted by molar-refractivity contribution is 5.74. The Morgan fingerprint density at radius 1 is 1.37 bits per heavy atom. The molecule has 0 radical (unpaired) electrons. The summed E-state index contributed by atoms with van der Waals surface area (Å²) < 4.78 is 0. The number of rotatable bonds is 4. The van der Waals surface area contributed by atoms with Crippen molar-refractivity contribution in [1.29, 1.82) is 0 Å². The molecule has 19 heavy (non-hydrogen) atoms. The third-order valence-corrected chi connectivity index (χ3v) is 4.33. The summed E-state index contributed by atoms with van der Waals surface area (Å²) >= 11 is 0. The molecule has 0 saturated heterocycles. The van der Waals surface area contributed by atoms with E-state index in [0.717, 1.165) is 29.9 Å². The molecule has 1 aliphatic rings. The van der Waals surface area contributed by atoms with Crippen molar-refractivity contribution in [2.45, 2.75) is 31.8 Å². The van der Waals surface area contributed by atoms with Gasteiger partial charge in [0.05, 0.1) is 17.6 Å². The molecule has 2 aromatic rings. The highest BCUT2D eigenvalue weighted by Crippen LogP contribution is 2.29. The van der Waals surface area contributed by atoms with Gasteiger partial charge in [0.1, 0.15) is 5.82 Å². The molecule has 1 fully saturated rings. The maximum atomic E-state index is 5.87. The second-order valence-electron chi connectivity index (χ2n) is 5.61. The van der Waals surface area contributed by atoms with E-state index >= 15 is 0 Å². The largest absolute Gasteiger partial charge is 0.341 e. The molecule has 1 aliphatic carbocycles. The molecular weight excluding hydrogens is 236 g/mol. The Kier molecular flexibility index (Phi) is 3.53. The molecular formula is C15H22N4. The van der Waals surface area contributed by atoms with Crippen LogP contribution in [0.1, 0.15) is 25.1 Å². The van der Waals surface area contributed by atoms with Crippen LogP contribution in [0.4, 0.5) is 0 Å². The van der Waals surface area contributed by atoms with Gasteiger partial charge in [0, 0.05) is 6.04 Å². The van der Waals surface area contributed by atoms with Crippen molar-refractivity contribution in [2.75, 3.05) is 13.6 Å². The van der Waals surface area contributed by atoms with Crippen LogP contribution in [-0.2, 0) is 6.54 Å².